The van der Waals surface area contributed by atoms with Crippen LogP contribution in [0, 0.1) is 0 Å². The highest BCUT2D eigenvalue weighted by atomic mass is 79.9. The van der Waals surface area contributed by atoms with Gasteiger partial charge in [-0.15, -0.1) is 0 Å². The molecule has 0 radical (unpaired) electrons. The minimum Gasteiger partial charge on any atom is -0.496 e. The molecule has 0 amide bonds. The molecule has 0 saturated heterocycles. The van der Waals surface area contributed by atoms with E-state index in [4.69, 9.17) is 9.47 Å². The second-order valence-corrected chi connectivity index (χ2v) is 6.65. The van der Waals surface area contributed by atoms with Crippen molar-refractivity contribution in [3.8, 4) is 11.5 Å². The SMILES string of the molecule is CCCC(C)NCC(C)Oc1cc(Br)c(OC)cc1Br. The molecule has 0 aliphatic carbocycles. The quantitative estimate of drug-likeness (QED) is 0.672. The molecular formula is C15H23Br2NO2. The van der Waals surface area contributed by atoms with Crippen molar-refractivity contribution in [3.05, 3.63) is 21.1 Å². The number of halogens is 2. The summed E-state index contributed by atoms with van der Waals surface area (Å²) in [6, 6.07) is 4.35. The summed E-state index contributed by atoms with van der Waals surface area (Å²) in [5.41, 5.74) is 0. The summed E-state index contributed by atoms with van der Waals surface area (Å²) in [6.45, 7) is 7.30. The highest BCUT2D eigenvalue weighted by molar-refractivity contribution is 9.11. The minimum absolute atomic E-state index is 0.103. The molecule has 0 aliphatic rings. The number of nitrogens with one attached hydrogen (secondary N) is 1. The zero-order chi connectivity index (χ0) is 15.1. The van der Waals surface area contributed by atoms with E-state index in [0.29, 0.717) is 6.04 Å². The fourth-order valence-electron chi connectivity index (χ4n) is 1.92. The lowest BCUT2D eigenvalue weighted by Gasteiger charge is -2.20. The van der Waals surface area contributed by atoms with Crippen molar-refractivity contribution >= 4 is 31.9 Å². The molecule has 0 heterocycles. The van der Waals surface area contributed by atoms with E-state index in [1.165, 1.54) is 12.8 Å². The lowest BCUT2D eigenvalue weighted by molar-refractivity contribution is 0.209. The van der Waals surface area contributed by atoms with E-state index in [-0.39, 0.29) is 6.10 Å². The third kappa shape index (κ3) is 5.62. The maximum Gasteiger partial charge on any atom is 0.135 e. The molecule has 0 aliphatic heterocycles. The molecule has 2 unspecified atom stereocenters. The lowest BCUT2D eigenvalue weighted by Crippen LogP contribution is -2.35. The summed E-state index contributed by atoms with van der Waals surface area (Å²) < 4.78 is 13.0. The average molecular weight is 409 g/mol. The molecule has 3 nitrogen and oxygen atoms in total. The minimum atomic E-state index is 0.103. The molecule has 1 aromatic carbocycles. The van der Waals surface area contributed by atoms with Gasteiger partial charge in [0.1, 0.15) is 17.6 Å². The van der Waals surface area contributed by atoms with E-state index in [1.54, 1.807) is 7.11 Å². The van der Waals surface area contributed by atoms with Gasteiger partial charge in [0.05, 0.1) is 16.1 Å². The highest BCUT2D eigenvalue weighted by Gasteiger charge is 2.12. The van der Waals surface area contributed by atoms with Crippen LogP contribution < -0.4 is 14.8 Å². The standard InChI is InChI=1S/C15H23Br2NO2/c1-5-6-10(2)18-9-11(3)20-15-8-12(16)14(19-4)7-13(15)17/h7-8,10-11,18H,5-6,9H2,1-4H3. The van der Waals surface area contributed by atoms with E-state index >= 15 is 0 Å². The van der Waals surface area contributed by atoms with Crippen LogP contribution in [0.1, 0.15) is 33.6 Å². The maximum atomic E-state index is 5.96. The number of ether oxygens (including phenoxy) is 2. The van der Waals surface area contributed by atoms with Crippen molar-refractivity contribution in [3.63, 3.8) is 0 Å². The predicted molar refractivity (Wildman–Crippen MR) is 90.9 cm³/mol. The molecular weight excluding hydrogens is 386 g/mol. The Kier molecular flexibility index (Phi) is 7.92. The van der Waals surface area contributed by atoms with Crippen LogP contribution in [-0.2, 0) is 0 Å². The summed E-state index contributed by atoms with van der Waals surface area (Å²) in [5, 5.41) is 3.48. The van der Waals surface area contributed by atoms with Gasteiger partial charge in [-0.05, 0) is 64.3 Å². The summed E-state index contributed by atoms with van der Waals surface area (Å²) in [7, 11) is 1.65. The zero-order valence-electron chi connectivity index (χ0n) is 12.5. The lowest BCUT2D eigenvalue weighted by atomic mass is 10.2. The number of hydrogen-bond acceptors (Lipinski definition) is 3. The Morgan fingerprint density at radius 3 is 2.35 bits per heavy atom. The monoisotopic (exact) mass is 407 g/mol. The molecule has 5 heteroatoms. The van der Waals surface area contributed by atoms with Gasteiger partial charge in [-0.3, -0.25) is 0 Å². The molecule has 0 fully saturated rings. The van der Waals surface area contributed by atoms with E-state index in [9.17, 15) is 0 Å². The third-order valence-corrected chi connectivity index (χ3v) is 4.25. The molecule has 0 spiro atoms. The van der Waals surface area contributed by atoms with Crippen LogP contribution in [0.2, 0.25) is 0 Å². The largest absolute Gasteiger partial charge is 0.496 e. The van der Waals surface area contributed by atoms with Gasteiger partial charge >= 0.3 is 0 Å². The first-order valence-corrected chi connectivity index (χ1v) is 8.49. The second-order valence-electron chi connectivity index (χ2n) is 4.94. The molecule has 0 aromatic heterocycles. The van der Waals surface area contributed by atoms with Crippen molar-refractivity contribution in [2.45, 2.75) is 45.8 Å². The Hall–Kier alpha value is -0.260. The van der Waals surface area contributed by atoms with Crippen LogP contribution in [-0.4, -0.2) is 25.8 Å². The Labute approximate surface area is 138 Å². The highest BCUT2D eigenvalue weighted by Crippen LogP contribution is 2.36. The normalized spacial score (nSPS) is 13.9. The molecule has 0 bridgehead atoms. The fourth-order valence-corrected chi connectivity index (χ4v) is 2.82. The van der Waals surface area contributed by atoms with Gasteiger partial charge in [-0.25, -0.2) is 0 Å². The van der Waals surface area contributed by atoms with Gasteiger partial charge in [-0.2, -0.15) is 0 Å². The molecule has 1 N–H and O–H groups in total. The van der Waals surface area contributed by atoms with Crippen LogP contribution in [0.5, 0.6) is 11.5 Å². The van der Waals surface area contributed by atoms with Gasteiger partial charge in [0.25, 0.3) is 0 Å². The van der Waals surface area contributed by atoms with E-state index < -0.39 is 0 Å². The summed E-state index contributed by atoms with van der Waals surface area (Å²) in [6.07, 6.45) is 2.48. The van der Waals surface area contributed by atoms with Crippen LogP contribution in [0.25, 0.3) is 0 Å². The first kappa shape index (κ1) is 17.8. The Morgan fingerprint density at radius 2 is 1.75 bits per heavy atom. The van der Waals surface area contributed by atoms with Gasteiger partial charge in [0, 0.05) is 12.6 Å². The molecule has 114 valence electrons. The zero-order valence-corrected chi connectivity index (χ0v) is 15.7. The van der Waals surface area contributed by atoms with Crippen molar-refractivity contribution in [1.29, 1.82) is 0 Å². The molecule has 1 rings (SSSR count). The summed E-state index contributed by atoms with van der Waals surface area (Å²) in [5.74, 6) is 1.60. The van der Waals surface area contributed by atoms with E-state index in [1.807, 2.05) is 12.1 Å². The second kappa shape index (κ2) is 8.90. The Bertz CT molecular complexity index is 427. The van der Waals surface area contributed by atoms with Crippen LogP contribution in [0.4, 0.5) is 0 Å². The number of benzene rings is 1. The van der Waals surface area contributed by atoms with Crippen molar-refractivity contribution in [2.24, 2.45) is 0 Å². The van der Waals surface area contributed by atoms with Crippen molar-refractivity contribution < 1.29 is 9.47 Å². The maximum absolute atomic E-state index is 5.96. The van der Waals surface area contributed by atoms with E-state index in [2.05, 4.69) is 57.9 Å². The van der Waals surface area contributed by atoms with Crippen LogP contribution in [0.3, 0.4) is 0 Å². The number of hydrogen-bond donors (Lipinski definition) is 1. The topological polar surface area (TPSA) is 30.5 Å². The Balaban J connectivity index is 2.57. The van der Waals surface area contributed by atoms with Gasteiger partial charge in [0.15, 0.2) is 0 Å². The van der Waals surface area contributed by atoms with Crippen LogP contribution >= 0.6 is 31.9 Å². The van der Waals surface area contributed by atoms with Crippen LogP contribution in [0.15, 0.2) is 21.1 Å². The molecule has 1 aromatic rings. The predicted octanol–water partition coefficient (Wildman–Crippen LogP) is 4.77. The van der Waals surface area contributed by atoms with E-state index in [0.717, 1.165) is 27.0 Å². The molecule has 0 saturated carbocycles. The number of rotatable bonds is 8. The first-order chi connectivity index (χ1) is 9.47. The Morgan fingerprint density at radius 1 is 1.15 bits per heavy atom. The smallest absolute Gasteiger partial charge is 0.135 e. The van der Waals surface area contributed by atoms with Crippen molar-refractivity contribution in [2.75, 3.05) is 13.7 Å². The number of methoxy groups -OCH3 is 1. The van der Waals surface area contributed by atoms with Gasteiger partial charge in [0.2, 0.25) is 0 Å². The first-order valence-electron chi connectivity index (χ1n) is 6.91. The summed E-state index contributed by atoms with van der Waals surface area (Å²) in [4.78, 5) is 0. The molecule has 20 heavy (non-hydrogen) atoms. The van der Waals surface area contributed by atoms with Gasteiger partial charge < -0.3 is 14.8 Å². The fraction of sp³-hybridized carbons (Fsp3) is 0.600. The summed E-state index contributed by atoms with van der Waals surface area (Å²) >= 11 is 6.98. The van der Waals surface area contributed by atoms with Crippen molar-refractivity contribution in [1.82, 2.24) is 5.32 Å². The average Bonchev–Trinajstić information content (AvgIpc) is 2.40. The molecule has 2 atom stereocenters. The third-order valence-electron chi connectivity index (χ3n) is 3.01. The van der Waals surface area contributed by atoms with Gasteiger partial charge in [-0.1, -0.05) is 13.3 Å².